The van der Waals surface area contributed by atoms with Crippen molar-refractivity contribution in [2.45, 2.75) is 10.1 Å². The second-order valence-electron chi connectivity index (χ2n) is 5.07. The van der Waals surface area contributed by atoms with Crippen LogP contribution in [-0.4, -0.2) is 10.9 Å². The predicted molar refractivity (Wildman–Crippen MR) is 107 cm³/mol. The fraction of sp³-hybridized carbons (Fsp3) is 0.0526. The molecular weight excluding hydrogens is 431 g/mol. The molecule has 24 heavy (non-hydrogen) atoms. The normalized spacial score (nSPS) is 11.7. The minimum atomic E-state index is -0.338. The Kier molecular flexibility index (Phi) is 5.87. The summed E-state index contributed by atoms with van der Waals surface area (Å²) in [6.45, 7) is 0. The van der Waals surface area contributed by atoms with Crippen molar-refractivity contribution in [1.82, 2.24) is 4.98 Å². The summed E-state index contributed by atoms with van der Waals surface area (Å²) in [6.07, 6.45) is 1.73. The van der Waals surface area contributed by atoms with Gasteiger partial charge < -0.3 is 5.32 Å². The second kappa shape index (κ2) is 8.30. The number of amides is 1. The molecule has 0 saturated heterocycles. The second-order valence-corrected chi connectivity index (χ2v) is 7.50. The van der Waals surface area contributed by atoms with E-state index >= 15 is 0 Å². The van der Waals surface area contributed by atoms with Crippen LogP contribution < -0.4 is 5.32 Å². The zero-order valence-electron chi connectivity index (χ0n) is 12.7. The summed E-state index contributed by atoms with van der Waals surface area (Å²) in [5.41, 5.74) is 0.967. The maximum atomic E-state index is 12.8. The smallest absolute Gasteiger partial charge is 0.243 e. The number of carbonyl (C=O) groups is 1. The first-order chi connectivity index (χ1) is 11.7. The van der Waals surface area contributed by atoms with E-state index in [-0.39, 0.29) is 11.2 Å². The van der Waals surface area contributed by atoms with Crippen LogP contribution >= 0.6 is 34.4 Å². The molecule has 120 valence electrons. The molecule has 1 amide bonds. The highest BCUT2D eigenvalue weighted by atomic mass is 127. The van der Waals surface area contributed by atoms with Gasteiger partial charge >= 0.3 is 0 Å². The highest BCUT2D eigenvalue weighted by molar-refractivity contribution is 14.1. The van der Waals surface area contributed by atoms with Crippen LogP contribution in [0.5, 0.6) is 0 Å². The van der Waals surface area contributed by atoms with Crippen molar-refractivity contribution in [1.29, 1.82) is 0 Å². The van der Waals surface area contributed by atoms with E-state index < -0.39 is 0 Å². The van der Waals surface area contributed by atoms with Crippen molar-refractivity contribution in [3.8, 4) is 0 Å². The zero-order chi connectivity index (χ0) is 16.8. The molecule has 0 saturated carbocycles. The number of anilines is 1. The summed E-state index contributed by atoms with van der Waals surface area (Å²) in [7, 11) is 0. The van der Waals surface area contributed by atoms with Crippen molar-refractivity contribution < 1.29 is 4.79 Å². The van der Waals surface area contributed by atoms with E-state index in [1.54, 1.807) is 6.20 Å². The molecule has 1 aromatic heterocycles. The lowest BCUT2D eigenvalue weighted by Crippen LogP contribution is -2.19. The fourth-order valence-electron chi connectivity index (χ4n) is 2.18. The van der Waals surface area contributed by atoms with Gasteiger partial charge in [0.25, 0.3) is 0 Å². The van der Waals surface area contributed by atoms with E-state index in [0.29, 0.717) is 5.82 Å². The molecule has 3 nitrogen and oxygen atoms in total. The van der Waals surface area contributed by atoms with E-state index in [4.69, 9.17) is 0 Å². The van der Waals surface area contributed by atoms with Crippen molar-refractivity contribution >= 4 is 46.1 Å². The Morgan fingerprint density at radius 2 is 1.62 bits per heavy atom. The number of aromatic nitrogens is 1. The van der Waals surface area contributed by atoms with Crippen LogP contribution in [0.2, 0.25) is 0 Å². The Hall–Kier alpha value is -1.86. The monoisotopic (exact) mass is 446 g/mol. The number of carbonyl (C=O) groups excluding carboxylic acids is 1. The zero-order valence-corrected chi connectivity index (χ0v) is 15.7. The van der Waals surface area contributed by atoms with Crippen molar-refractivity contribution in [3.05, 3.63) is 88.1 Å². The first-order valence-electron chi connectivity index (χ1n) is 7.41. The van der Waals surface area contributed by atoms with Gasteiger partial charge in [0.05, 0.1) is 0 Å². The van der Waals surface area contributed by atoms with Gasteiger partial charge in [0.2, 0.25) is 5.91 Å². The average Bonchev–Trinajstić information content (AvgIpc) is 2.63. The number of nitrogens with zero attached hydrogens (tertiary/aromatic N) is 1. The number of thioether (sulfide) groups is 1. The number of pyridine rings is 1. The minimum Gasteiger partial charge on any atom is -0.309 e. The van der Waals surface area contributed by atoms with Gasteiger partial charge in [-0.15, -0.1) is 11.8 Å². The van der Waals surface area contributed by atoms with E-state index in [1.165, 1.54) is 11.8 Å². The topological polar surface area (TPSA) is 42.0 Å². The number of nitrogens with one attached hydrogen (secondary N) is 1. The fourth-order valence-corrected chi connectivity index (χ4v) is 3.54. The van der Waals surface area contributed by atoms with Crippen molar-refractivity contribution in [3.63, 3.8) is 0 Å². The van der Waals surface area contributed by atoms with Crippen LogP contribution in [0.1, 0.15) is 10.8 Å². The lowest BCUT2D eigenvalue weighted by Gasteiger charge is -2.16. The molecule has 1 N–H and O–H groups in total. The summed E-state index contributed by atoms with van der Waals surface area (Å²) >= 11 is 3.72. The molecule has 1 atom stereocenters. The lowest BCUT2D eigenvalue weighted by molar-refractivity contribution is -0.115. The molecule has 1 unspecified atom stereocenters. The molecule has 5 heteroatoms. The first kappa shape index (κ1) is 17.0. The lowest BCUT2D eigenvalue weighted by atomic mass is 10.1. The third kappa shape index (κ3) is 4.58. The van der Waals surface area contributed by atoms with Crippen LogP contribution in [0, 0.1) is 3.57 Å². The molecule has 0 aliphatic rings. The van der Waals surface area contributed by atoms with Gasteiger partial charge in [0, 0.05) is 14.7 Å². The standard InChI is InChI=1S/C19H15IN2OS/c20-15-11-12-17(21-13-15)22-19(23)18(14-7-3-1-4-8-14)24-16-9-5-2-6-10-16/h1-13,18H,(H,21,22,23). The number of rotatable bonds is 5. The molecule has 0 aliphatic carbocycles. The number of halogens is 1. The van der Waals surface area contributed by atoms with E-state index in [9.17, 15) is 4.79 Å². The Bertz CT molecular complexity index is 795. The largest absolute Gasteiger partial charge is 0.309 e. The van der Waals surface area contributed by atoms with Crippen LogP contribution in [0.3, 0.4) is 0 Å². The third-order valence-corrected chi connectivity index (χ3v) is 5.22. The number of benzene rings is 2. The van der Waals surface area contributed by atoms with Crippen molar-refractivity contribution in [2.75, 3.05) is 5.32 Å². The quantitative estimate of drug-likeness (QED) is 0.435. The van der Waals surface area contributed by atoms with E-state index in [1.807, 2.05) is 72.8 Å². The number of hydrogen-bond acceptors (Lipinski definition) is 3. The van der Waals surface area contributed by atoms with Gasteiger partial charge in [-0.05, 0) is 52.4 Å². The van der Waals surface area contributed by atoms with Gasteiger partial charge in [-0.2, -0.15) is 0 Å². The number of hydrogen-bond donors (Lipinski definition) is 1. The molecule has 0 aliphatic heterocycles. The van der Waals surface area contributed by atoms with Gasteiger partial charge in [-0.3, -0.25) is 4.79 Å². The van der Waals surface area contributed by atoms with E-state index in [2.05, 4.69) is 32.9 Å². The minimum absolute atomic E-state index is 0.0799. The molecule has 2 aromatic carbocycles. The van der Waals surface area contributed by atoms with Crippen LogP contribution in [0.15, 0.2) is 83.9 Å². The Morgan fingerprint density at radius 3 is 2.25 bits per heavy atom. The van der Waals surface area contributed by atoms with Crippen LogP contribution in [0.4, 0.5) is 5.82 Å². The summed E-state index contributed by atoms with van der Waals surface area (Å²) in [4.78, 5) is 18.1. The third-order valence-electron chi connectivity index (χ3n) is 3.32. The van der Waals surface area contributed by atoms with Crippen LogP contribution in [-0.2, 0) is 4.79 Å². The SMILES string of the molecule is O=C(Nc1ccc(I)cn1)C(Sc1ccccc1)c1ccccc1. The highest BCUT2D eigenvalue weighted by Crippen LogP contribution is 2.35. The Morgan fingerprint density at radius 1 is 0.958 bits per heavy atom. The molecule has 0 spiro atoms. The van der Waals surface area contributed by atoms with Crippen LogP contribution in [0.25, 0.3) is 0 Å². The molecule has 0 fully saturated rings. The maximum absolute atomic E-state index is 12.8. The van der Waals surface area contributed by atoms with E-state index in [0.717, 1.165) is 14.0 Å². The van der Waals surface area contributed by atoms with Gasteiger partial charge in [0.15, 0.2) is 0 Å². The molecule has 3 aromatic rings. The molecule has 0 bridgehead atoms. The molecular formula is C19H15IN2OS. The molecule has 1 heterocycles. The van der Waals surface area contributed by atoms with Crippen molar-refractivity contribution in [2.24, 2.45) is 0 Å². The Balaban J connectivity index is 1.83. The average molecular weight is 446 g/mol. The van der Waals surface area contributed by atoms with Gasteiger partial charge in [-0.25, -0.2) is 4.98 Å². The molecule has 3 rings (SSSR count). The summed E-state index contributed by atoms with van der Waals surface area (Å²) in [6, 6.07) is 23.5. The highest BCUT2D eigenvalue weighted by Gasteiger charge is 2.22. The predicted octanol–water partition coefficient (Wildman–Crippen LogP) is 5.16. The Labute approximate surface area is 159 Å². The summed E-state index contributed by atoms with van der Waals surface area (Å²) in [5, 5.41) is 2.58. The maximum Gasteiger partial charge on any atom is 0.243 e. The van der Waals surface area contributed by atoms with Gasteiger partial charge in [-0.1, -0.05) is 48.5 Å². The first-order valence-corrected chi connectivity index (χ1v) is 9.37. The molecule has 0 radical (unpaired) electrons. The van der Waals surface area contributed by atoms with Gasteiger partial charge in [0.1, 0.15) is 11.1 Å². The summed E-state index contributed by atoms with van der Waals surface area (Å²) < 4.78 is 1.03. The summed E-state index contributed by atoms with van der Waals surface area (Å²) in [5.74, 6) is 0.485.